The molecule has 0 amide bonds. The third kappa shape index (κ3) is 3.96. The van der Waals surface area contributed by atoms with Gasteiger partial charge in [-0.05, 0) is 37.5 Å². The van der Waals surface area contributed by atoms with E-state index in [0.717, 1.165) is 37.3 Å². The summed E-state index contributed by atoms with van der Waals surface area (Å²) >= 11 is 0. The van der Waals surface area contributed by atoms with Gasteiger partial charge < -0.3 is 9.47 Å². The summed E-state index contributed by atoms with van der Waals surface area (Å²) in [5, 5.41) is 12.8. The first kappa shape index (κ1) is 14.8. The molecule has 0 aromatic heterocycles. The third-order valence-corrected chi connectivity index (χ3v) is 3.71. The van der Waals surface area contributed by atoms with E-state index in [1.54, 1.807) is 7.11 Å². The van der Waals surface area contributed by atoms with E-state index in [0.29, 0.717) is 6.42 Å². The van der Waals surface area contributed by atoms with E-state index in [-0.39, 0.29) is 6.10 Å². The Labute approximate surface area is 120 Å². The van der Waals surface area contributed by atoms with Crippen LogP contribution in [0.25, 0.3) is 0 Å². The van der Waals surface area contributed by atoms with Gasteiger partial charge in [0.2, 0.25) is 0 Å². The number of methoxy groups -OCH3 is 1. The highest BCUT2D eigenvalue weighted by Crippen LogP contribution is 2.18. The Balaban J connectivity index is 1.93. The second-order valence-corrected chi connectivity index (χ2v) is 5.48. The highest BCUT2D eigenvalue weighted by atomic mass is 16.5. The van der Waals surface area contributed by atoms with Crippen LogP contribution in [0.3, 0.4) is 0 Å². The lowest BCUT2D eigenvalue weighted by molar-refractivity contribution is 0.105. The molecule has 0 saturated carbocycles. The van der Waals surface area contributed by atoms with Crippen molar-refractivity contribution in [1.82, 2.24) is 5.32 Å². The highest BCUT2D eigenvalue weighted by Gasteiger charge is 2.26. The summed E-state index contributed by atoms with van der Waals surface area (Å²) in [6, 6.07) is 10.2. The Hall–Kier alpha value is -1.57. The monoisotopic (exact) mass is 274 g/mol. The number of nitrogens with zero attached hydrogens (tertiary/aromatic N) is 1. The normalized spacial score (nSPS) is 21.1. The zero-order valence-electron chi connectivity index (χ0n) is 12.2. The number of ether oxygens (including phenoxy) is 2. The van der Waals surface area contributed by atoms with Crippen molar-refractivity contribution in [2.24, 2.45) is 0 Å². The van der Waals surface area contributed by atoms with Crippen LogP contribution in [0.4, 0.5) is 0 Å². The van der Waals surface area contributed by atoms with Gasteiger partial charge in [-0.1, -0.05) is 12.1 Å². The van der Waals surface area contributed by atoms with Crippen LogP contribution in [0.15, 0.2) is 24.3 Å². The number of rotatable bonds is 6. The van der Waals surface area contributed by atoms with E-state index >= 15 is 0 Å². The maximum Gasteiger partial charge on any atom is 0.118 e. The van der Waals surface area contributed by atoms with Gasteiger partial charge in [-0.25, -0.2) is 0 Å². The number of hydrogen-bond acceptors (Lipinski definition) is 4. The van der Waals surface area contributed by atoms with Crippen molar-refractivity contribution in [3.05, 3.63) is 29.8 Å². The highest BCUT2D eigenvalue weighted by molar-refractivity contribution is 5.29. The minimum absolute atomic E-state index is 0.249. The van der Waals surface area contributed by atoms with Gasteiger partial charge in [0.05, 0.1) is 19.3 Å². The predicted octanol–water partition coefficient (Wildman–Crippen LogP) is 2.29. The molecule has 0 aliphatic carbocycles. The molecule has 1 aliphatic heterocycles. The van der Waals surface area contributed by atoms with Gasteiger partial charge in [0, 0.05) is 19.6 Å². The Morgan fingerprint density at radius 3 is 2.75 bits per heavy atom. The molecule has 1 saturated heterocycles. The fourth-order valence-corrected chi connectivity index (χ4v) is 2.44. The molecule has 0 spiro atoms. The van der Waals surface area contributed by atoms with Crippen LogP contribution in [-0.4, -0.2) is 31.9 Å². The number of benzene rings is 1. The summed E-state index contributed by atoms with van der Waals surface area (Å²) in [6.07, 6.45) is 3.12. The zero-order chi connectivity index (χ0) is 14.4. The molecule has 0 bridgehead atoms. The first-order chi connectivity index (χ1) is 9.65. The van der Waals surface area contributed by atoms with Gasteiger partial charge in [-0.15, -0.1) is 0 Å². The van der Waals surface area contributed by atoms with Crippen molar-refractivity contribution in [1.29, 1.82) is 5.26 Å². The SMILES string of the molecule is COc1ccc(CC(C)(C#N)NCC2CCCO2)cc1. The molecule has 1 N–H and O–H groups in total. The van der Waals surface area contributed by atoms with Gasteiger partial charge in [-0.3, -0.25) is 5.32 Å². The van der Waals surface area contributed by atoms with Crippen LogP contribution in [0.5, 0.6) is 5.75 Å². The van der Waals surface area contributed by atoms with Gasteiger partial charge >= 0.3 is 0 Å². The average Bonchev–Trinajstić information content (AvgIpc) is 2.99. The Kier molecular flexibility index (Phi) is 4.99. The number of nitriles is 1. The molecule has 108 valence electrons. The fourth-order valence-electron chi connectivity index (χ4n) is 2.44. The molecule has 4 nitrogen and oxygen atoms in total. The lowest BCUT2D eigenvalue weighted by Gasteiger charge is -2.25. The van der Waals surface area contributed by atoms with Gasteiger partial charge in [0.1, 0.15) is 11.3 Å². The summed E-state index contributed by atoms with van der Waals surface area (Å²) in [5.41, 5.74) is 0.551. The smallest absolute Gasteiger partial charge is 0.118 e. The van der Waals surface area contributed by atoms with Crippen molar-refractivity contribution in [2.75, 3.05) is 20.3 Å². The Bertz CT molecular complexity index is 460. The standard InChI is InChI=1S/C16H22N2O2/c1-16(12-17,18-11-15-4-3-9-20-15)10-13-5-7-14(19-2)8-6-13/h5-8,15,18H,3-4,9-11H2,1-2H3. The average molecular weight is 274 g/mol. The second kappa shape index (κ2) is 6.74. The number of hydrogen-bond donors (Lipinski definition) is 1. The zero-order valence-corrected chi connectivity index (χ0v) is 12.2. The van der Waals surface area contributed by atoms with E-state index in [4.69, 9.17) is 9.47 Å². The quantitative estimate of drug-likeness (QED) is 0.864. The summed E-state index contributed by atoms with van der Waals surface area (Å²) in [5.74, 6) is 0.833. The maximum atomic E-state index is 9.44. The molecular formula is C16H22N2O2. The predicted molar refractivity (Wildman–Crippen MR) is 77.7 cm³/mol. The second-order valence-electron chi connectivity index (χ2n) is 5.48. The molecule has 2 rings (SSSR count). The first-order valence-corrected chi connectivity index (χ1v) is 7.06. The van der Waals surface area contributed by atoms with E-state index in [1.165, 1.54) is 0 Å². The minimum atomic E-state index is -0.569. The van der Waals surface area contributed by atoms with Crippen molar-refractivity contribution in [2.45, 2.75) is 37.8 Å². The molecule has 1 aliphatic rings. The van der Waals surface area contributed by atoms with Gasteiger partial charge in [0.15, 0.2) is 0 Å². The van der Waals surface area contributed by atoms with Crippen LogP contribution in [-0.2, 0) is 11.2 Å². The van der Waals surface area contributed by atoms with Crippen LogP contribution in [0, 0.1) is 11.3 Å². The lowest BCUT2D eigenvalue weighted by atomic mass is 9.94. The first-order valence-electron chi connectivity index (χ1n) is 7.06. The molecule has 1 heterocycles. The molecular weight excluding hydrogens is 252 g/mol. The van der Waals surface area contributed by atoms with Gasteiger partial charge in [-0.2, -0.15) is 5.26 Å². The van der Waals surface area contributed by atoms with E-state index in [9.17, 15) is 5.26 Å². The maximum absolute atomic E-state index is 9.44. The van der Waals surface area contributed by atoms with Crippen molar-refractivity contribution < 1.29 is 9.47 Å². The minimum Gasteiger partial charge on any atom is -0.497 e. The van der Waals surface area contributed by atoms with E-state index in [2.05, 4.69) is 11.4 Å². The molecule has 4 heteroatoms. The van der Waals surface area contributed by atoms with E-state index in [1.807, 2.05) is 31.2 Å². The molecule has 1 fully saturated rings. The summed E-state index contributed by atoms with van der Waals surface area (Å²) in [7, 11) is 1.65. The summed E-state index contributed by atoms with van der Waals surface area (Å²) in [6.45, 7) is 3.51. The Morgan fingerprint density at radius 2 is 2.20 bits per heavy atom. The third-order valence-electron chi connectivity index (χ3n) is 3.71. The molecule has 1 aromatic rings. The Morgan fingerprint density at radius 1 is 1.45 bits per heavy atom. The molecule has 0 radical (unpaired) electrons. The number of nitrogens with one attached hydrogen (secondary N) is 1. The summed E-state index contributed by atoms with van der Waals surface area (Å²) < 4.78 is 10.7. The molecule has 2 unspecified atom stereocenters. The fraction of sp³-hybridized carbons (Fsp3) is 0.562. The molecule has 20 heavy (non-hydrogen) atoms. The van der Waals surface area contributed by atoms with Crippen molar-refractivity contribution in [3.63, 3.8) is 0 Å². The van der Waals surface area contributed by atoms with Crippen LogP contribution < -0.4 is 10.1 Å². The van der Waals surface area contributed by atoms with Crippen LogP contribution in [0.2, 0.25) is 0 Å². The summed E-state index contributed by atoms with van der Waals surface area (Å²) in [4.78, 5) is 0. The lowest BCUT2D eigenvalue weighted by Crippen LogP contribution is -2.46. The van der Waals surface area contributed by atoms with Crippen LogP contribution in [0.1, 0.15) is 25.3 Å². The van der Waals surface area contributed by atoms with Gasteiger partial charge in [0.25, 0.3) is 0 Å². The largest absolute Gasteiger partial charge is 0.497 e. The topological polar surface area (TPSA) is 54.3 Å². The van der Waals surface area contributed by atoms with Crippen molar-refractivity contribution >= 4 is 0 Å². The molecule has 1 aromatic carbocycles. The van der Waals surface area contributed by atoms with E-state index < -0.39 is 5.54 Å². The van der Waals surface area contributed by atoms with Crippen LogP contribution >= 0.6 is 0 Å². The molecule has 2 atom stereocenters. The van der Waals surface area contributed by atoms with Crippen molar-refractivity contribution in [3.8, 4) is 11.8 Å².